The number of piperazine rings is 1. The Labute approximate surface area is 170 Å². The average molecular weight is 430 g/mol. The number of nitrogens with one attached hydrogen (secondary N) is 1. The van der Waals surface area contributed by atoms with Crippen LogP contribution in [0.1, 0.15) is 25.2 Å². The molecule has 27 heavy (non-hydrogen) atoms. The number of aromatic nitrogens is 2. The van der Waals surface area contributed by atoms with E-state index in [1.54, 1.807) is 7.11 Å². The number of amides is 1. The van der Waals surface area contributed by atoms with Crippen LogP contribution in [0.2, 0.25) is 0 Å². The zero-order valence-corrected chi connectivity index (χ0v) is 16.9. The Hall–Kier alpha value is -1.00. The second-order valence-corrected chi connectivity index (χ2v) is 6.55. The van der Waals surface area contributed by atoms with Crippen LogP contribution in [-0.4, -0.2) is 77.2 Å². The molecule has 0 aliphatic carbocycles. The molecular formula is C16H27Cl2F2N5O2. The van der Waals surface area contributed by atoms with E-state index in [0.717, 1.165) is 17.7 Å². The van der Waals surface area contributed by atoms with E-state index in [1.807, 2.05) is 9.80 Å². The molecule has 3 heterocycles. The van der Waals surface area contributed by atoms with Gasteiger partial charge < -0.3 is 15.0 Å². The summed E-state index contributed by atoms with van der Waals surface area (Å²) in [4.78, 5) is 20.8. The van der Waals surface area contributed by atoms with Crippen molar-refractivity contribution in [3.05, 3.63) is 18.2 Å². The van der Waals surface area contributed by atoms with Gasteiger partial charge in [-0.2, -0.15) is 8.78 Å². The highest BCUT2D eigenvalue weighted by Crippen LogP contribution is 2.26. The van der Waals surface area contributed by atoms with Crippen LogP contribution >= 0.6 is 24.8 Å². The molecule has 2 aliphatic rings. The lowest BCUT2D eigenvalue weighted by molar-refractivity contribution is -0.160. The van der Waals surface area contributed by atoms with Crippen LogP contribution in [0.15, 0.2) is 12.4 Å². The Kier molecular flexibility index (Phi) is 9.36. The molecule has 0 spiro atoms. The number of carbonyl (C=O) groups excluding carboxylic acids is 1. The topological polar surface area (TPSA) is 62.6 Å². The largest absolute Gasteiger partial charge is 0.368 e. The number of ether oxygens (including phenoxy) is 1. The molecule has 1 aromatic rings. The van der Waals surface area contributed by atoms with Crippen molar-refractivity contribution in [2.75, 3.05) is 46.4 Å². The zero-order valence-electron chi connectivity index (χ0n) is 15.3. The number of carbonyl (C=O) groups is 1. The van der Waals surface area contributed by atoms with E-state index >= 15 is 0 Å². The number of imidazole rings is 1. The third-order valence-corrected chi connectivity index (χ3v) is 5.18. The van der Waals surface area contributed by atoms with Crippen molar-refractivity contribution in [3.8, 4) is 0 Å². The number of hydrogen-bond acceptors (Lipinski definition) is 5. The van der Waals surface area contributed by atoms with Crippen molar-refractivity contribution < 1.29 is 18.3 Å². The minimum absolute atomic E-state index is 0. The lowest BCUT2D eigenvalue weighted by Gasteiger charge is -2.42. The SMILES string of the molecule is COC1(C(=O)N2CCN(Cc3nccn3C(F)F)CC2)CCNCC1.Cl.Cl. The first kappa shape index (κ1) is 24.0. The Bertz CT molecular complexity index is 591. The van der Waals surface area contributed by atoms with E-state index < -0.39 is 12.2 Å². The predicted octanol–water partition coefficient (Wildman–Crippen LogP) is 1.53. The number of rotatable bonds is 5. The molecule has 0 saturated carbocycles. The van der Waals surface area contributed by atoms with Gasteiger partial charge in [-0.15, -0.1) is 24.8 Å². The fourth-order valence-corrected chi connectivity index (χ4v) is 3.58. The summed E-state index contributed by atoms with van der Waals surface area (Å²) in [5.74, 6) is 0.395. The third kappa shape index (κ3) is 5.29. The van der Waals surface area contributed by atoms with Gasteiger partial charge in [0.25, 0.3) is 5.91 Å². The second-order valence-electron chi connectivity index (χ2n) is 6.55. The summed E-state index contributed by atoms with van der Waals surface area (Å²) in [6, 6.07) is 0. The van der Waals surface area contributed by atoms with E-state index in [4.69, 9.17) is 4.74 Å². The molecule has 1 N–H and O–H groups in total. The van der Waals surface area contributed by atoms with Gasteiger partial charge in [0.2, 0.25) is 0 Å². The van der Waals surface area contributed by atoms with Gasteiger partial charge in [-0.25, -0.2) is 4.98 Å². The first-order chi connectivity index (χ1) is 12.1. The fourth-order valence-electron chi connectivity index (χ4n) is 3.58. The minimum atomic E-state index is -2.58. The maximum absolute atomic E-state index is 12.9. The normalized spacial score (nSPS) is 20.1. The van der Waals surface area contributed by atoms with Crippen molar-refractivity contribution >= 4 is 30.7 Å². The number of piperidine rings is 1. The molecule has 156 valence electrons. The van der Waals surface area contributed by atoms with E-state index in [9.17, 15) is 13.6 Å². The van der Waals surface area contributed by atoms with Gasteiger partial charge in [0.05, 0.1) is 6.54 Å². The van der Waals surface area contributed by atoms with Crippen LogP contribution < -0.4 is 5.32 Å². The summed E-state index contributed by atoms with van der Waals surface area (Å²) in [6.45, 7) is 1.76. The standard InChI is InChI=1S/C16H25F2N5O2.2ClH/c1-25-16(2-4-19-5-3-16)14(24)22-10-8-21(9-11-22)12-13-20-6-7-23(13)15(17)18;;/h6-7,15,19H,2-5,8-12H2,1H3;2*1H. The number of methoxy groups -OCH3 is 1. The van der Waals surface area contributed by atoms with Crippen molar-refractivity contribution in [2.24, 2.45) is 0 Å². The second kappa shape index (κ2) is 10.5. The summed E-state index contributed by atoms with van der Waals surface area (Å²) >= 11 is 0. The van der Waals surface area contributed by atoms with Crippen LogP contribution in [0.5, 0.6) is 0 Å². The van der Waals surface area contributed by atoms with E-state index in [-0.39, 0.29) is 30.7 Å². The Morgan fingerprint density at radius 1 is 1.26 bits per heavy atom. The molecule has 2 aliphatic heterocycles. The maximum Gasteiger partial charge on any atom is 0.319 e. The molecule has 0 atom stereocenters. The summed E-state index contributed by atoms with van der Waals surface area (Å²) < 4.78 is 32.3. The zero-order chi connectivity index (χ0) is 17.9. The Balaban J connectivity index is 0.00000182. The number of nitrogens with zero attached hydrogens (tertiary/aromatic N) is 4. The van der Waals surface area contributed by atoms with Gasteiger partial charge in [0.1, 0.15) is 11.4 Å². The fraction of sp³-hybridized carbons (Fsp3) is 0.750. The molecule has 0 radical (unpaired) electrons. The van der Waals surface area contributed by atoms with E-state index in [1.165, 1.54) is 12.4 Å². The van der Waals surface area contributed by atoms with Crippen LogP contribution in [0.3, 0.4) is 0 Å². The first-order valence-electron chi connectivity index (χ1n) is 8.63. The van der Waals surface area contributed by atoms with Crippen LogP contribution in [0.25, 0.3) is 0 Å². The summed E-state index contributed by atoms with van der Waals surface area (Å²) in [6.07, 6.45) is 4.03. The van der Waals surface area contributed by atoms with Gasteiger partial charge in [0.15, 0.2) is 0 Å². The minimum Gasteiger partial charge on any atom is -0.368 e. The molecule has 2 saturated heterocycles. The first-order valence-corrected chi connectivity index (χ1v) is 8.63. The molecule has 0 bridgehead atoms. The third-order valence-electron chi connectivity index (χ3n) is 5.18. The van der Waals surface area contributed by atoms with E-state index in [2.05, 4.69) is 10.3 Å². The highest BCUT2D eigenvalue weighted by atomic mass is 35.5. The lowest BCUT2D eigenvalue weighted by Crippen LogP contribution is -2.59. The van der Waals surface area contributed by atoms with Crippen molar-refractivity contribution in [2.45, 2.75) is 31.5 Å². The summed E-state index contributed by atoms with van der Waals surface area (Å²) in [7, 11) is 1.60. The highest BCUT2D eigenvalue weighted by molar-refractivity contribution is 5.86. The van der Waals surface area contributed by atoms with Gasteiger partial charge in [-0.1, -0.05) is 0 Å². The summed E-state index contributed by atoms with van der Waals surface area (Å²) in [5.41, 5.74) is -0.723. The molecule has 11 heteroatoms. The molecule has 2 fully saturated rings. The smallest absolute Gasteiger partial charge is 0.319 e. The van der Waals surface area contributed by atoms with Crippen molar-refractivity contribution in [3.63, 3.8) is 0 Å². The van der Waals surface area contributed by atoms with Crippen molar-refractivity contribution in [1.29, 1.82) is 0 Å². The molecule has 0 aromatic carbocycles. The molecule has 1 amide bonds. The Morgan fingerprint density at radius 2 is 1.89 bits per heavy atom. The van der Waals surface area contributed by atoms with Crippen LogP contribution in [0, 0.1) is 0 Å². The van der Waals surface area contributed by atoms with Gasteiger partial charge >= 0.3 is 6.55 Å². The average Bonchev–Trinajstić information content (AvgIpc) is 3.11. The molecule has 1 aromatic heterocycles. The van der Waals surface area contributed by atoms with Gasteiger partial charge in [-0.05, 0) is 25.9 Å². The Morgan fingerprint density at radius 3 is 2.44 bits per heavy atom. The van der Waals surface area contributed by atoms with Crippen LogP contribution in [-0.2, 0) is 16.1 Å². The maximum atomic E-state index is 12.9. The van der Waals surface area contributed by atoms with Gasteiger partial charge in [-0.3, -0.25) is 14.3 Å². The van der Waals surface area contributed by atoms with Crippen LogP contribution in [0.4, 0.5) is 8.78 Å². The monoisotopic (exact) mass is 429 g/mol. The number of hydrogen-bond donors (Lipinski definition) is 1. The molecule has 0 unspecified atom stereocenters. The highest BCUT2D eigenvalue weighted by Gasteiger charge is 2.43. The number of halogens is 4. The predicted molar refractivity (Wildman–Crippen MR) is 102 cm³/mol. The molecular weight excluding hydrogens is 403 g/mol. The van der Waals surface area contributed by atoms with Crippen molar-refractivity contribution in [1.82, 2.24) is 24.7 Å². The van der Waals surface area contributed by atoms with Gasteiger partial charge in [0, 0.05) is 45.7 Å². The van der Waals surface area contributed by atoms with E-state index in [0.29, 0.717) is 51.4 Å². The quantitative estimate of drug-likeness (QED) is 0.768. The number of alkyl halides is 2. The molecule has 3 rings (SSSR count). The summed E-state index contributed by atoms with van der Waals surface area (Å²) in [5, 5.41) is 3.25. The lowest BCUT2D eigenvalue weighted by atomic mass is 9.90. The molecule has 7 nitrogen and oxygen atoms in total.